The minimum atomic E-state index is -0.980. The molecule has 1 aliphatic rings. The zero-order valence-corrected chi connectivity index (χ0v) is 26.9. The van der Waals surface area contributed by atoms with Gasteiger partial charge in [0.1, 0.15) is 11.5 Å². The maximum absolute atomic E-state index is 12.5. The SMILES string of the molecule is CC(C)N(CCCCc1c(C(=O)O)ccc2c1C(CCCCN(C(C)C)C(C)C)c1cc(C(=O)O)ccc1O2)C(C)C. The lowest BCUT2D eigenvalue weighted by molar-refractivity contribution is 0.0685. The predicted octanol–water partition coefficient (Wildman–Crippen LogP) is 8.05. The molecule has 0 saturated heterocycles. The van der Waals surface area contributed by atoms with Gasteiger partial charge in [0.05, 0.1) is 11.1 Å². The molecule has 3 rings (SSSR count). The standard InChI is InChI=1S/C35H52N2O5/c1-22(2)36(23(3)4)19-11-9-13-27-29(35(40)41)16-18-32-33(27)28(14-10-12-20-37(24(5)6)25(7)8)30-21-26(34(38)39)15-17-31(30)42-32/h15-18,21-25,28H,9-14,19-20H2,1-8H3,(H,38,39)(H,40,41). The molecule has 0 amide bonds. The van der Waals surface area contributed by atoms with E-state index in [1.54, 1.807) is 30.3 Å². The number of hydrogen-bond acceptors (Lipinski definition) is 5. The summed E-state index contributed by atoms with van der Waals surface area (Å²) in [6.45, 7) is 19.7. The van der Waals surface area contributed by atoms with E-state index in [0.29, 0.717) is 47.7 Å². The Kier molecular flexibility index (Phi) is 12.0. The molecule has 2 aromatic rings. The summed E-state index contributed by atoms with van der Waals surface area (Å²) in [4.78, 5) is 29.3. The second kappa shape index (κ2) is 15.0. The molecule has 7 nitrogen and oxygen atoms in total. The number of rotatable bonds is 16. The van der Waals surface area contributed by atoms with E-state index < -0.39 is 11.9 Å². The van der Waals surface area contributed by atoms with Gasteiger partial charge in [-0.15, -0.1) is 0 Å². The van der Waals surface area contributed by atoms with Crippen molar-refractivity contribution in [3.05, 3.63) is 58.1 Å². The number of ether oxygens (including phenoxy) is 1. The van der Waals surface area contributed by atoms with Crippen molar-refractivity contribution in [1.82, 2.24) is 9.80 Å². The quantitative estimate of drug-likeness (QED) is 0.194. The van der Waals surface area contributed by atoms with Crippen molar-refractivity contribution in [3.8, 4) is 11.5 Å². The average Bonchev–Trinajstić information content (AvgIpc) is 2.90. The summed E-state index contributed by atoms with van der Waals surface area (Å²) in [5.74, 6) is -0.709. The Morgan fingerprint density at radius 2 is 1.29 bits per heavy atom. The highest BCUT2D eigenvalue weighted by Gasteiger charge is 2.32. The predicted molar refractivity (Wildman–Crippen MR) is 169 cm³/mol. The first-order valence-corrected chi connectivity index (χ1v) is 15.8. The molecule has 0 saturated carbocycles. The van der Waals surface area contributed by atoms with Crippen LogP contribution in [0.1, 0.15) is 131 Å². The molecule has 2 N–H and O–H groups in total. The van der Waals surface area contributed by atoms with Crippen molar-refractivity contribution in [1.29, 1.82) is 0 Å². The first kappa shape index (κ1) is 33.6. The summed E-state index contributed by atoms with van der Waals surface area (Å²) in [5.41, 5.74) is 3.11. The van der Waals surface area contributed by atoms with Crippen LogP contribution >= 0.6 is 0 Å². The molecule has 7 heteroatoms. The molecule has 42 heavy (non-hydrogen) atoms. The van der Waals surface area contributed by atoms with Gasteiger partial charge < -0.3 is 14.9 Å². The molecule has 0 aromatic heterocycles. The molecule has 0 radical (unpaired) electrons. The highest BCUT2D eigenvalue weighted by molar-refractivity contribution is 5.91. The molecule has 0 aliphatic carbocycles. The maximum atomic E-state index is 12.5. The van der Waals surface area contributed by atoms with Gasteiger partial charge in [-0.25, -0.2) is 9.59 Å². The van der Waals surface area contributed by atoms with Crippen molar-refractivity contribution in [3.63, 3.8) is 0 Å². The highest BCUT2D eigenvalue weighted by Crippen LogP contribution is 2.49. The molecule has 1 heterocycles. The highest BCUT2D eigenvalue weighted by atomic mass is 16.5. The van der Waals surface area contributed by atoms with Gasteiger partial charge in [-0.05, 0) is 136 Å². The van der Waals surface area contributed by atoms with Gasteiger partial charge in [0.15, 0.2) is 0 Å². The lowest BCUT2D eigenvalue weighted by Gasteiger charge is -2.33. The summed E-state index contributed by atoms with van der Waals surface area (Å²) < 4.78 is 6.33. The first-order chi connectivity index (χ1) is 19.8. The van der Waals surface area contributed by atoms with E-state index in [-0.39, 0.29) is 11.5 Å². The Hall–Kier alpha value is -2.90. The van der Waals surface area contributed by atoms with E-state index in [0.717, 1.165) is 61.9 Å². The molecule has 1 atom stereocenters. The minimum absolute atomic E-state index is 0.133. The van der Waals surface area contributed by atoms with Crippen LogP contribution in [-0.2, 0) is 6.42 Å². The molecule has 2 aromatic carbocycles. The summed E-state index contributed by atoms with van der Waals surface area (Å²) in [6, 6.07) is 10.3. The molecular weight excluding hydrogens is 528 g/mol. The van der Waals surface area contributed by atoms with Crippen molar-refractivity contribution in [2.24, 2.45) is 0 Å². The topological polar surface area (TPSA) is 90.3 Å². The number of carboxylic acid groups (broad SMARTS) is 2. The van der Waals surface area contributed by atoms with Crippen LogP contribution in [0.25, 0.3) is 0 Å². The molecule has 0 fully saturated rings. The van der Waals surface area contributed by atoms with Crippen LogP contribution in [0.2, 0.25) is 0 Å². The van der Waals surface area contributed by atoms with E-state index in [9.17, 15) is 19.8 Å². The van der Waals surface area contributed by atoms with Crippen LogP contribution in [-0.4, -0.2) is 69.2 Å². The number of carboxylic acids is 2. The third-order valence-electron chi connectivity index (χ3n) is 8.65. The van der Waals surface area contributed by atoms with Gasteiger partial charge in [-0.1, -0.05) is 6.42 Å². The van der Waals surface area contributed by atoms with Gasteiger partial charge >= 0.3 is 11.9 Å². The Balaban J connectivity index is 1.96. The lowest BCUT2D eigenvalue weighted by Crippen LogP contribution is -2.37. The van der Waals surface area contributed by atoms with Crippen molar-refractivity contribution >= 4 is 11.9 Å². The Morgan fingerprint density at radius 3 is 1.81 bits per heavy atom. The number of unbranched alkanes of at least 4 members (excludes halogenated alkanes) is 2. The first-order valence-electron chi connectivity index (χ1n) is 15.8. The van der Waals surface area contributed by atoms with Crippen LogP contribution in [0.4, 0.5) is 0 Å². The summed E-state index contributed by atoms with van der Waals surface area (Å²) in [5, 5.41) is 20.0. The van der Waals surface area contributed by atoms with Gasteiger partial charge in [0.2, 0.25) is 0 Å². The normalized spacial score (nSPS) is 14.7. The third-order valence-corrected chi connectivity index (χ3v) is 8.65. The second-order valence-electron chi connectivity index (χ2n) is 12.8. The van der Waals surface area contributed by atoms with E-state index in [2.05, 4.69) is 65.2 Å². The average molecular weight is 581 g/mol. The number of carbonyl (C=O) groups is 2. The fourth-order valence-corrected chi connectivity index (χ4v) is 6.67. The van der Waals surface area contributed by atoms with E-state index in [1.165, 1.54) is 0 Å². The van der Waals surface area contributed by atoms with E-state index in [4.69, 9.17) is 4.74 Å². The lowest BCUT2D eigenvalue weighted by atomic mass is 9.79. The fourth-order valence-electron chi connectivity index (χ4n) is 6.67. The van der Waals surface area contributed by atoms with Crippen LogP contribution < -0.4 is 4.74 Å². The number of nitrogens with zero attached hydrogens (tertiary/aromatic N) is 2. The third kappa shape index (κ3) is 8.13. The minimum Gasteiger partial charge on any atom is -0.478 e. The summed E-state index contributed by atoms with van der Waals surface area (Å²) in [7, 11) is 0. The number of hydrogen-bond donors (Lipinski definition) is 2. The van der Waals surface area contributed by atoms with Crippen LogP contribution in [0.3, 0.4) is 0 Å². The molecule has 0 bridgehead atoms. The molecular formula is C35H52N2O5. The second-order valence-corrected chi connectivity index (χ2v) is 12.8. The summed E-state index contributed by atoms with van der Waals surface area (Å²) >= 11 is 0. The largest absolute Gasteiger partial charge is 0.478 e. The fraction of sp³-hybridized carbons (Fsp3) is 0.600. The number of benzene rings is 2. The van der Waals surface area contributed by atoms with Crippen LogP contribution in [0.5, 0.6) is 11.5 Å². The maximum Gasteiger partial charge on any atom is 0.335 e. The van der Waals surface area contributed by atoms with E-state index in [1.807, 2.05) is 0 Å². The van der Waals surface area contributed by atoms with E-state index >= 15 is 0 Å². The summed E-state index contributed by atoms with van der Waals surface area (Å²) in [6.07, 6.45) is 5.19. The molecule has 232 valence electrons. The van der Waals surface area contributed by atoms with Gasteiger partial charge in [-0.2, -0.15) is 0 Å². The van der Waals surface area contributed by atoms with Gasteiger partial charge in [0, 0.05) is 41.2 Å². The molecule has 1 aliphatic heterocycles. The number of fused-ring (bicyclic) bond motifs is 2. The zero-order chi connectivity index (χ0) is 31.1. The van der Waals surface area contributed by atoms with Crippen LogP contribution in [0, 0.1) is 0 Å². The Labute approximate surface area is 252 Å². The van der Waals surface area contributed by atoms with Crippen molar-refractivity contribution < 1.29 is 24.5 Å². The Bertz CT molecular complexity index is 1200. The number of aromatic carboxylic acids is 2. The van der Waals surface area contributed by atoms with Crippen molar-refractivity contribution in [2.75, 3.05) is 13.1 Å². The van der Waals surface area contributed by atoms with Crippen molar-refractivity contribution in [2.45, 2.75) is 124 Å². The Morgan fingerprint density at radius 1 is 0.738 bits per heavy atom. The zero-order valence-electron chi connectivity index (χ0n) is 26.9. The van der Waals surface area contributed by atoms with Crippen LogP contribution in [0.15, 0.2) is 30.3 Å². The smallest absolute Gasteiger partial charge is 0.335 e. The van der Waals surface area contributed by atoms with Gasteiger partial charge in [0.25, 0.3) is 0 Å². The van der Waals surface area contributed by atoms with Gasteiger partial charge in [-0.3, -0.25) is 9.80 Å². The molecule has 0 spiro atoms. The monoisotopic (exact) mass is 580 g/mol. The molecule has 1 unspecified atom stereocenters.